The lowest BCUT2D eigenvalue weighted by Crippen LogP contribution is -2.61. The van der Waals surface area contributed by atoms with E-state index >= 15 is 0 Å². The van der Waals surface area contributed by atoms with Crippen molar-refractivity contribution in [1.29, 1.82) is 0 Å². The summed E-state index contributed by atoms with van der Waals surface area (Å²) in [6.07, 6.45) is -2.69. The molecule has 7 heteroatoms. The summed E-state index contributed by atoms with van der Waals surface area (Å²) < 4.78 is 5.27. The quantitative estimate of drug-likeness (QED) is 0.374. The lowest BCUT2D eigenvalue weighted by Gasteiger charge is -2.39. The molecule has 1 fully saturated rings. The van der Waals surface area contributed by atoms with Gasteiger partial charge in [-0.25, -0.2) is 0 Å². The summed E-state index contributed by atoms with van der Waals surface area (Å²) in [6, 6.07) is 0. The lowest BCUT2D eigenvalue weighted by atomic mass is 9.99. The highest BCUT2D eigenvalue weighted by atomic mass is 16.5. The maximum Gasteiger partial charge on any atom is 0.222 e. The molecule has 1 amide bonds. The Morgan fingerprint density at radius 2 is 1.84 bits per heavy atom. The third-order valence-electron chi connectivity index (χ3n) is 3.26. The molecule has 5 atom stereocenters. The van der Waals surface area contributed by atoms with Gasteiger partial charge >= 0.3 is 0 Å². The molecule has 112 valence electrons. The van der Waals surface area contributed by atoms with Crippen LogP contribution in [0, 0.1) is 0 Å². The molecule has 0 saturated carbocycles. The van der Waals surface area contributed by atoms with Crippen LogP contribution in [-0.4, -0.2) is 58.4 Å². The first kappa shape index (κ1) is 16.3. The SMILES string of the molecule is C[C@H]1O[C@H](NC(=O)CCCCCN)[C@H](O)[C@@H](O)[C@@H]1O. The van der Waals surface area contributed by atoms with Crippen molar-refractivity contribution < 1.29 is 24.9 Å². The van der Waals surface area contributed by atoms with E-state index in [9.17, 15) is 20.1 Å². The Morgan fingerprint density at radius 1 is 1.16 bits per heavy atom. The maximum absolute atomic E-state index is 11.6. The van der Waals surface area contributed by atoms with Gasteiger partial charge in [0.05, 0.1) is 6.10 Å². The summed E-state index contributed by atoms with van der Waals surface area (Å²) in [5, 5.41) is 31.3. The van der Waals surface area contributed by atoms with Crippen LogP contribution < -0.4 is 11.1 Å². The van der Waals surface area contributed by atoms with Crippen LogP contribution >= 0.6 is 0 Å². The molecule has 0 aromatic carbocycles. The summed E-state index contributed by atoms with van der Waals surface area (Å²) in [6.45, 7) is 2.17. The number of nitrogens with one attached hydrogen (secondary N) is 1. The summed E-state index contributed by atoms with van der Waals surface area (Å²) in [4.78, 5) is 11.6. The zero-order valence-electron chi connectivity index (χ0n) is 11.2. The summed E-state index contributed by atoms with van der Waals surface area (Å²) >= 11 is 0. The van der Waals surface area contributed by atoms with Crippen LogP contribution in [0.3, 0.4) is 0 Å². The standard InChI is InChI=1S/C12H24N2O5/c1-7-9(16)10(17)11(18)12(19-7)14-8(15)5-3-2-4-6-13/h7,9-12,16-18H,2-6,13H2,1H3,(H,14,15)/t7-,9-,10+,11-,12+/m1/s1. The molecule has 0 aromatic rings. The van der Waals surface area contributed by atoms with Gasteiger partial charge in [-0.3, -0.25) is 4.79 Å². The molecule has 6 N–H and O–H groups in total. The summed E-state index contributed by atoms with van der Waals surface area (Å²) in [5.41, 5.74) is 5.35. The Morgan fingerprint density at radius 3 is 2.47 bits per heavy atom. The predicted molar refractivity (Wildman–Crippen MR) is 68.0 cm³/mol. The number of nitrogens with two attached hydrogens (primary N) is 1. The first-order valence-corrected chi connectivity index (χ1v) is 6.66. The second kappa shape index (κ2) is 7.76. The van der Waals surface area contributed by atoms with Crippen LogP contribution in [0.5, 0.6) is 0 Å². The molecular formula is C12H24N2O5. The maximum atomic E-state index is 11.6. The second-order valence-electron chi connectivity index (χ2n) is 4.90. The molecule has 1 aliphatic heterocycles. The Balaban J connectivity index is 2.36. The lowest BCUT2D eigenvalue weighted by molar-refractivity contribution is -0.224. The Bertz CT molecular complexity index is 289. The molecule has 1 heterocycles. The van der Waals surface area contributed by atoms with E-state index in [4.69, 9.17) is 10.5 Å². The molecule has 1 saturated heterocycles. The monoisotopic (exact) mass is 276 g/mol. The number of hydrogen-bond acceptors (Lipinski definition) is 6. The van der Waals surface area contributed by atoms with E-state index in [1.54, 1.807) is 6.92 Å². The van der Waals surface area contributed by atoms with Crippen molar-refractivity contribution in [3.05, 3.63) is 0 Å². The molecule has 7 nitrogen and oxygen atoms in total. The number of hydrogen-bond donors (Lipinski definition) is 5. The smallest absolute Gasteiger partial charge is 0.222 e. The van der Waals surface area contributed by atoms with E-state index in [1.807, 2.05) is 0 Å². The molecule has 1 rings (SSSR count). The topological polar surface area (TPSA) is 125 Å². The van der Waals surface area contributed by atoms with Gasteiger partial charge in [-0.05, 0) is 26.3 Å². The van der Waals surface area contributed by atoms with Crippen molar-refractivity contribution in [3.8, 4) is 0 Å². The van der Waals surface area contributed by atoms with Crippen LogP contribution in [0.4, 0.5) is 0 Å². The number of rotatable bonds is 6. The molecule has 19 heavy (non-hydrogen) atoms. The fraction of sp³-hybridized carbons (Fsp3) is 0.917. The number of unbranched alkanes of at least 4 members (excludes halogenated alkanes) is 2. The Hall–Kier alpha value is -0.730. The van der Waals surface area contributed by atoms with Crippen LogP contribution in [0.25, 0.3) is 0 Å². The van der Waals surface area contributed by atoms with Crippen LogP contribution in [-0.2, 0) is 9.53 Å². The number of carbonyl (C=O) groups is 1. The number of ether oxygens (including phenoxy) is 1. The minimum Gasteiger partial charge on any atom is -0.388 e. The first-order valence-electron chi connectivity index (χ1n) is 6.66. The average molecular weight is 276 g/mol. The van der Waals surface area contributed by atoms with Gasteiger partial charge in [0.25, 0.3) is 0 Å². The number of amides is 1. The zero-order chi connectivity index (χ0) is 14.4. The average Bonchev–Trinajstić information content (AvgIpc) is 2.38. The molecule has 0 bridgehead atoms. The van der Waals surface area contributed by atoms with Crippen molar-refractivity contribution >= 4 is 5.91 Å². The predicted octanol–water partition coefficient (Wildman–Crippen LogP) is -1.55. The van der Waals surface area contributed by atoms with E-state index in [0.717, 1.165) is 12.8 Å². The highest BCUT2D eigenvalue weighted by Gasteiger charge is 2.42. The molecule has 0 spiro atoms. The Labute approximate surface area is 112 Å². The van der Waals surface area contributed by atoms with E-state index < -0.39 is 30.6 Å². The van der Waals surface area contributed by atoms with Gasteiger partial charge in [-0.15, -0.1) is 0 Å². The van der Waals surface area contributed by atoms with E-state index in [-0.39, 0.29) is 5.91 Å². The van der Waals surface area contributed by atoms with Crippen molar-refractivity contribution in [2.75, 3.05) is 6.54 Å². The molecule has 0 aliphatic carbocycles. The number of aliphatic hydroxyl groups is 3. The first-order chi connectivity index (χ1) is 8.97. The Kier molecular flexibility index (Phi) is 6.67. The number of aliphatic hydroxyl groups excluding tert-OH is 3. The van der Waals surface area contributed by atoms with Crippen LogP contribution in [0.15, 0.2) is 0 Å². The molecule has 1 aliphatic rings. The molecular weight excluding hydrogens is 252 g/mol. The largest absolute Gasteiger partial charge is 0.388 e. The molecule has 0 aromatic heterocycles. The minimum atomic E-state index is -1.33. The highest BCUT2D eigenvalue weighted by molar-refractivity contribution is 5.76. The van der Waals surface area contributed by atoms with Crippen molar-refractivity contribution in [3.63, 3.8) is 0 Å². The van der Waals surface area contributed by atoms with Crippen LogP contribution in [0.1, 0.15) is 32.6 Å². The van der Waals surface area contributed by atoms with Crippen molar-refractivity contribution in [2.45, 2.75) is 63.3 Å². The minimum absolute atomic E-state index is 0.253. The normalized spacial score (nSPS) is 35.1. The summed E-state index contributed by atoms with van der Waals surface area (Å²) in [7, 11) is 0. The zero-order valence-corrected chi connectivity index (χ0v) is 11.2. The molecule has 0 radical (unpaired) electrons. The van der Waals surface area contributed by atoms with Gasteiger partial charge in [0.2, 0.25) is 5.91 Å². The second-order valence-corrected chi connectivity index (χ2v) is 4.90. The van der Waals surface area contributed by atoms with E-state index in [0.29, 0.717) is 19.4 Å². The van der Waals surface area contributed by atoms with Gasteiger partial charge in [-0.1, -0.05) is 6.42 Å². The van der Waals surface area contributed by atoms with Crippen molar-refractivity contribution in [2.24, 2.45) is 5.73 Å². The highest BCUT2D eigenvalue weighted by Crippen LogP contribution is 2.19. The molecule has 0 unspecified atom stereocenters. The third-order valence-corrected chi connectivity index (χ3v) is 3.26. The van der Waals surface area contributed by atoms with Crippen molar-refractivity contribution in [1.82, 2.24) is 5.32 Å². The number of carbonyl (C=O) groups excluding carboxylic acids is 1. The fourth-order valence-corrected chi connectivity index (χ4v) is 2.01. The van der Waals surface area contributed by atoms with Gasteiger partial charge in [0.1, 0.15) is 18.3 Å². The van der Waals surface area contributed by atoms with Gasteiger partial charge in [0, 0.05) is 6.42 Å². The van der Waals surface area contributed by atoms with Gasteiger partial charge < -0.3 is 31.1 Å². The van der Waals surface area contributed by atoms with E-state index in [2.05, 4.69) is 5.32 Å². The van der Waals surface area contributed by atoms with Gasteiger partial charge in [-0.2, -0.15) is 0 Å². The third kappa shape index (κ3) is 4.70. The summed E-state index contributed by atoms with van der Waals surface area (Å²) in [5.74, 6) is -0.253. The van der Waals surface area contributed by atoms with Crippen LogP contribution in [0.2, 0.25) is 0 Å². The fourth-order valence-electron chi connectivity index (χ4n) is 2.01. The van der Waals surface area contributed by atoms with E-state index in [1.165, 1.54) is 0 Å². The van der Waals surface area contributed by atoms with Gasteiger partial charge in [0.15, 0.2) is 6.23 Å².